The van der Waals surface area contributed by atoms with Gasteiger partial charge in [-0.05, 0) is 131 Å². The third kappa shape index (κ3) is 4.42. The lowest BCUT2D eigenvalue weighted by atomic mass is 9.54. The summed E-state index contributed by atoms with van der Waals surface area (Å²) in [6.07, 6.45) is 6.07. The van der Waals surface area contributed by atoms with E-state index in [4.69, 9.17) is 10.2 Å². The van der Waals surface area contributed by atoms with E-state index in [9.17, 15) is 0 Å². The quantitative estimate of drug-likeness (QED) is 0.202. The summed E-state index contributed by atoms with van der Waals surface area (Å²) in [6, 6.07) is 56.2. The first-order chi connectivity index (χ1) is 25.6. The van der Waals surface area contributed by atoms with Gasteiger partial charge < -0.3 is 15.1 Å². The zero-order valence-corrected chi connectivity index (χ0v) is 29.1. The van der Waals surface area contributed by atoms with Crippen molar-refractivity contribution in [2.45, 2.75) is 43.6 Å². The molecule has 252 valence electrons. The van der Waals surface area contributed by atoms with Crippen LogP contribution in [0.5, 0.6) is 0 Å². The predicted molar refractivity (Wildman–Crippen MR) is 216 cm³/mol. The standard InChI is InChI=1S/C49H40N2O/c50-36-27-31-24-25-49(35(26-31)29-36)44-13-5-3-11-40(44)42-30-38(21-22-45(42)49)51(46-14-7-9-33-8-1-2-10-39(33)46)37-19-16-32(17-20-37)34-18-23-48-43(28-34)41-12-4-6-15-47(41)52-48/h1-23,28,30-31,35-36H,24-27,29,50H2/t31?,35?,36?,49-/m0/s1. The minimum absolute atomic E-state index is 0.0479. The molecule has 2 N–H and O–H groups in total. The molecule has 2 fully saturated rings. The van der Waals surface area contributed by atoms with Crippen molar-refractivity contribution in [3.8, 4) is 22.3 Å². The molecular formula is C49H40N2O. The third-order valence-corrected chi connectivity index (χ3v) is 12.8. The maximum Gasteiger partial charge on any atom is 0.135 e. The van der Waals surface area contributed by atoms with Crippen molar-refractivity contribution in [3.05, 3.63) is 163 Å². The van der Waals surface area contributed by atoms with E-state index in [0.717, 1.165) is 40.0 Å². The Morgan fingerprint density at radius 1 is 0.558 bits per heavy atom. The Labute approximate surface area is 304 Å². The van der Waals surface area contributed by atoms with E-state index in [1.165, 1.54) is 81.2 Å². The second kappa shape index (κ2) is 11.4. The molecule has 52 heavy (non-hydrogen) atoms. The van der Waals surface area contributed by atoms with Gasteiger partial charge in [0.2, 0.25) is 0 Å². The maximum absolute atomic E-state index is 6.73. The molecule has 1 aromatic heterocycles. The van der Waals surface area contributed by atoms with E-state index < -0.39 is 0 Å². The second-order valence-corrected chi connectivity index (χ2v) is 15.5. The number of nitrogens with two attached hydrogens (primary N) is 1. The number of hydrogen-bond acceptors (Lipinski definition) is 3. The largest absolute Gasteiger partial charge is 0.456 e. The molecule has 3 aliphatic carbocycles. The fourth-order valence-electron chi connectivity index (χ4n) is 10.5. The zero-order valence-electron chi connectivity index (χ0n) is 29.1. The van der Waals surface area contributed by atoms with Crippen molar-refractivity contribution < 1.29 is 4.42 Å². The van der Waals surface area contributed by atoms with Crippen LogP contribution in [0.1, 0.15) is 43.2 Å². The molecule has 11 rings (SSSR count). The fourth-order valence-corrected chi connectivity index (χ4v) is 10.5. The van der Waals surface area contributed by atoms with Crippen LogP contribution in [0.3, 0.4) is 0 Å². The van der Waals surface area contributed by atoms with Crippen LogP contribution in [0, 0.1) is 11.8 Å². The Morgan fingerprint density at radius 2 is 1.29 bits per heavy atom. The van der Waals surface area contributed by atoms with Crippen molar-refractivity contribution in [1.29, 1.82) is 0 Å². The smallest absolute Gasteiger partial charge is 0.135 e. The average molecular weight is 673 g/mol. The van der Waals surface area contributed by atoms with Gasteiger partial charge in [-0.15, -0.1) is 0 Å². The first-order valence-corrected chi connectivity index (χ1v) is 18.9. The topological polar surface area (TPSA) is 42.4 Å². The monoisotopic (exact) mass is 672 g/mol. The van der Waals surface area contributed by atoms with E-state index in [0.29, 0.717) is 12.0 Å². The molecular weight excluding hydrogens is 633 g/mol. The number of fused-ring (bicyclic) bond motifs is 12. The van der Waals surface area contributed by atoms with Crippen LogP contribution in [0.25, 0.3) is 55.0 Å². The van der Waals surface area contributed by atoms with Crippen LogP contribution in [0.2, 0.25) is 0 Å². The lowest BCUT2D eigenvalue weighted by Gasteiger charge is -2.50. The van der Waals surface area contributed by atoms with Crippen LogP contribution < -0.4 is 10.6 Å². The Kier molecular flexibility index (Phi) is 6.60. The van der Waals surface area contributed by atoms with Gasteiger partial charge in [-0.1, -0.05) is 103 Å². The van der Waals surface area contributed by atoms with Crippen LogP contribution in [0.4, 0.5) is 17.1 Å². The van der Waals surface area contributed by atoms with Gasteiger partial charge in [0, 0.05) is 39.0 Å². The summed E-state index contributed by atoms with van der Waals surface area (Å²) >= 11 is 0. The summed E-state index contributed by atoms with van der Waals surface area (Å²) in [4.78, 5) is 2.46. The van der Waals surface area contributed by atoms with Gasteiger partial charge in [0.05, 0.1) is 5.69 Å². The number of nitrogens with zero attached hydrogens (tertiary/aromatic N) is 1. The molecule has 3 heteroatoms. The van der Waals surface area contributed by atoms with Crippen molar-refractivity contribution in [2.24, 2.45) is 17.6 Å². The summed E-state index contributed by atoms with van der Waals surface area (Å²) in [5, 5.41) is 4.77. The molecule has 0 radical (unpaired) electrons. The minimum atomic E-state index is 0.0479. The van der Waals surface area contributed by atoms with Crippen LogP contribution >= 0.6 is 0 Å². The number of para-hydroxylation sites is 1. The minimum Gasteiger partial charge on any atom is -0.456 e. The highest BCUT2D eigenvalue weighted by Crippen LogP contribution is 2.62. The molecule has 2 bridgehead atoms. The number of anilines is 3. The van der Waals surface area contributed by atoms with Gasteiger partial charge in [0.15, 0.2) is 0 Å². The van der Waals surface area contributed by atoms with Crippen LogP contribution in [0.15, 0.2) is 156 Å². The summed E-state index contributed by atoms with van der Waals surface area (Å²) in [5.41, 5.74) is 20.3. The van der Waals surface area contributed by atoms with Gasteiger partial charge in [-0.3, -0.25) is 0 Å². The third-order valence-electron chi connectivity index (χ3n) is 12.8. The maximum atomic E-state index is 6.73. The molecule has 3 unspecified atom stereocenters. The van der Waals surface area contributed by atoms with Crippen molar-refractivity contribution in [2.75, 3.05) is 4.90 Å². The van der Waals surface area contributed by atoms with Gasteiger partial charge >= 0.3 is 0 Å². The number of benzene rings is 7. The van der Waals surface area contributed by atoms with Gasteiger partial charge in [-0.2, -0.15) is 0 Å². The van der Waals surface area contributed by atoms with Crippen LogP contribution in [-0.4, -0.2) is 6.04 Å². The lowest BCUT2D eigenvalue weighted by Crippen LogP contribution is -2.47. The van der Waals surface area contributed by atoms with Crippen molar-refractivity contribution in [1.82, 2.24) is 0 Å². The highest BCUT2D eigenvalue weighted by molar-refractivity contribution is 6.06. The Morgan fingerprint density at radius 3 is 2.21 bits per heavy atom. The fraction of sp³-hybridized carbons (Fsp3) is 0.184. The van der Waals surface area contributed by atoms with E-state index in [2.05, 4.69) is 144 Å². The van der Waals surface area contributed by atoms with Gasteiger partial charge in [0.1, 0.15) is 11.2 Å². The Bertz CT molecular complexity index is 2660. The van der Waals surface area contributed by atoms with E-state index in [-0.39, 0.29) is 5.41 Å². The molecule has 0 aliphatic heterocycles. The predicted octanol–water partition coefficient (Wildman–Crippen LogP) is 12.7. The molecule has 3 nitrogen and oxygen atoms in total. The normalized spacial score (nSPS) is 21.8. The Hall–Kier alpha value is -5.64. The Balaban J connectivity index is 1.06. The molecule has 2 saturated carbocycles. The zero-order chi connectivity index (χ0) is 34.4. The summed E-state index contributed by atoms with van der Waals surface area (Å²) in [6.45, 7) is 0. The van der Waals surface area contributed by atoms with E-state index in [1.54, 1.807) is 0 Å². The summed E-state index contributed by atoms with van der Waals surface area (Å²) in [7, 11) is 0. The number of hydrogen-bond donors (Lipinski definition) is 1. The highest BCUT2D eigenvalue weighted by Gasteiger charge is 2.53. The molecule has 4 atom stereocenters. The molecule has 1 heterocycles. The molecule has 3 aliphatic rings. The van der Waals surface area contributed by atoms with E-state index in [1.807, 2.05) is 12.1 Å². The van der Waals surface area contributed by atoms with Crippen LogP contribution in [-0.2, 0) is 5.41 Å². The molecule has 7 aromatic carbocycles. The first kappa shape index (κ1) is 30.0. The summed E-state index contributed by atoms with van der Waals surface area (Å²) < 4.78 is 6.13. The average Bonchev–Trinajstić information content (AvgIpc) is 3.70. The molecule has 8 aromatic rings. The van der Waals surface area contributed by atoms with E-state index >= 15 is 0 Å². The summed E-state index contributed by atoms with van der Waals surface area (Å²) in [5.74, 6) is 1.35. The first-order valence-electron chi connectivity index (χ1n) is 18.9. The van der Waals surface area contributed by atoms with Gasteiger partial charge in [0.25, 0.3) is 0 Å². The molecule has 0 saturated heterocycles. The second-order valence-electron chi connectivity index (χ2n) is 15.5. The highest BCUT2D eigenvalue weighted by atomic mass is 16.3. The molecule has 0 amide bonds. The molecule has 1 spiro atoms. The van der Waals surface area contributed by atoms with Gasteiger partial charge in [-0.25, -0.2) is 0 Å². The van der Waals surface area contributed by atoms with Crippen molar-refractivity contribution in [3.63, 3.8) is 0 Å². The number of furan rings is 1. The SMILES string of the molecule is NC1CC2CC[C@@]3(c4ccccc4-c4cc(N(c5ccc(-c6ccc7oc8ccccc8c7c6)cc5)c5cccc6ccccc56)ccc43)C(C1)C2. The van der Waals surface area contributed by atoms with Crippen molar-refractivity contribution >= 4 is 49.8 Å². The number of rotatable bonds is 4. The lowest BCUT2D eigenvalue weighted by molar-refractivity contribution is 0.104.